The van der Waals surface area contributed by atoms with Crippen molar-refractivity contribution >= 4 is 17.2 Å². The van der Waals surface area contributed by atoms with Crippen molar-refractivity contribution in [3.63, 3.8) is 0 Å². The summed E-state index contributed by atoms with van der Waals surface area (Å²) in [4.78, 5) is 20.4. The number of carbonyl (C=O) groups is 1. The molecule has 0 unspecified atom stereocenters. The van der Waals surface area contributed by atoms with Gasteiger partial charge in [-0.2, -0.15) is 10.2 Å². The van der Waals surface area contributed by atoms with Crippen molar-refractivity contribution < 1.29 is 23.0 Å². The third-order valence-electron chi connectivity index (χ3n) is 4.51. The summed E-state index contributed by atoms with van der Waals surface area (Å²) in [6, 6.07) is 4.73. The van der Waals surface area contributed by atoms with Gasteiger partial charge in [0.05, 0.1) is 24.5 Å². The predicted octanol–water partition coefficient (Wildman–Crippen LogP) is 3.05. The van der Waals surface area contributed by atoms with E-state index >= 15 is 0 Å². The maximum absolute atomic E-state index is 13.1. The number of piperidine rings is 1. The fourth-order valence-electron chi connectivity index (χ4n) is 3.20. The van der Waals surface area contributed by atoms with Crippen molar-refractivity contribution in [2.45, 2.75) is 25.4 Å². The minimum Gasteiger partial charge on any atom is -0.487 e. The SMILES string of the molecule is O=C(c1ccsc1-n1nccn1)N1CCC[C@@H](Oc2cc(OCC(F)F)ccn2)C1. The molecule has 1 amide bonds. The summed E-state index contributed by atoms with van der Waals surface area (Å²) in [5, 5.41) is 10.7. The molecule has 1 aliphatic rings. The summed E-state index contributed by atoms with van der Waals surface area (Å²) < 4.78 is 35.6. The van der Waals surface area contributed by atoms with E-state index in [0.29, 0.717) is 23.7 Å². The summed E-state index contributed by atoms with van der Waals surface area (Å²) in [5.41, 5.74) is 0.539. The van der Waals surface area contributed by atoms with Crippen LogP contribution in [0.15, 0.2) is 42.2 Å². The number of thiophene rings is 1. The Morgan fingerprint density at radius 3 is 2.90 bits per heavy atom. The van der Waals surface area contributed by atoms with E-state index < -0.39 is 13.0 Å². The van der Waals surface area contributed by atoms with Crippen LogP contribution in [-0.4, -0.2) is 63.0 Å². The molecule has 11 heteroatoms. The fourth-order valence-corrected chi connectivity index (χ4v) is 4.01. The molecule has 0 saturated carbocycles. The largest absolute Gasteiger partial charge is 0.487 e. The molecule has 1 fully saturated rings. The van der Waals surface area contributed by atoms with Crippen LogP contribution in [0.3, 0.4) is 0 Å². The van der Waals surface area contributed by atoms with Gasteiger partial charge in [-0.05, 0) is 30.4 Å². The molecule has 0 aromatic carbocycles. The molecule has 0 spiro atoms. The zero-order chi connectivity index (χ0) is 20.9. The minimum absolute atomic E-state index is 0.112. The highest BCUT2D eigenvalue weighted by molar-refractivity contribution is 7.12. The van der Waals surface area contributed by atoms with Crippen LogP contribution in [-0.2, 0) is 0 Å². The number of carbonyl (C=O) groups excluding carboxylic acids is 1. The Kier molecular flexibility index (Phi) is 6.17. The summed E-state index contributed by atoms with van der Waals surface area (Å²) in [6.45, 7) is 0.319. The number of ether oxygens (including phenoxy) is 2. The van der Waals surface area contributed by atoms with Crippen LogP contribution in [0, 0.1) is 0 Å². The Bertz CT molecular complexity index is 982. The van der Waals surface area contributed by atoms with Gasteiger partial charge in [0.15, 0.2) is 5.00 Å². The Morgan fingerprint density at radius 2 is 2.10 bits per heavy atom. The first-order valence-electron chi connectivity index (χ1n) is 9.37. The van der Waals surface area contributed by atoms with Crippen LogP contribution >= 0.6 is 11.3 Å². The van der Waals surface area contributed by atoms with E-state index in [1.165, 1.54) is 34.5 Å². The minimum atomic E-state index is -2.56. The van der Waals surface area contributed by atoms with Gasteiger partial charge in [0.2, 0.25) is 5.88 Å². The lowest BCUT2D eigenvalue weighted by molar-refractivity contribution is 0.0526. The number of aromatic nitrogens is 4. The zero-order valence-corrected chi connectivity index (χ0v) is 16.7. The van der Waals surface area contributed by atoms with Crippen LogP contribution < -0.4 is 9.47 Å². The molecule has 1 atom stereocenters. The van der Waals surface area contributed by atoms with Crippen LogP contribution in [0.1, 0.15) is 23.2 Å². The fraction of sp³-hybridized carbons (Fsp3) is 0.368. The van der Waals surface area contributed by atoms with Crippen molar-refractivity contribution in [3.8, 4) is 16.6 Å². The number of nitrogens with zero attached hydrogens (tertiary/aromatic N) is 5. The highest BCUT2D eigenvalue weighted by atomic mass is 32.1. The average Bonchev–Trinajstić information content (AvgIpc) is 3.44. The molecule has 0 aliphatic carbocycles. The monoisotopic (exact) mass is 435 g/mol. The summed E-state index contributed by atoms with van der Waals surface area (Å²) in [6.07, 6.45) is 3.28. The summed E-state index contributed by atoms with van der Waals surface area (Å²) in [7, 11) is 0. The highest BCUT2D eigenvalue weighted by Crippen LogP contribution is 2.25. The third kappa shape index (κ3) is 4.73. The number of likely N-dealkylation sites (tertiary alicyclic amines) is 1. The molecule has 4 rings (SSSR count). The molecule has 30 heavy (non-hydrogen) atoms. The van der Waals surface area contributed by atoms with Crippen molar-refractivity contribution in [2.75, 3.05) is 19.7 Å². The molecule has 0 N–H and O–H groups in total. The molecule has 3 aromatic heterocycles. The van der Waals surface area contributed by atoms with Gasteiger partial charge in [-0.1, -0.05) is 0 Å². The Balaban J connectivity index is 1.41. The summed E-state index contributed by atoms with van der Waals surface area (Å²) in [5.74, 6) is 0.426. The van der Waals surface area contributed by atoms with Crippen LogP contribution in [0.4, 0.5) is 8.78 Å². The molecule has 158 valence electrons. The first-order chi connectivity index (χ1) is 14.6. The number of alkyl halides is 2. The molecule has 0 radical (unpaired) electrons. The quantitative estimate of drug-likeness (QED) is 0.567. The van der Waals surface area contributed by atoms with E-state index in [2.05, 4.69) is 15.2 Å². The average molecular weight is 435 g/mol. The van der Waals surface area contributed by atoms with Crippen molar-refractivity contribution in [2.24, 2.45) is 0 Å². The number of hydrogen-bond donors (Lipinski definition) is 0. The predicted molar refractivity (Wildman–Crippen MR) is 105 cm³/mol. The number of hydrogen-bond acceptors (Lipinski definition) is 7. The number of amides is 1. The maximum atomic E-state index is 13.1. The summed E-state index contributed by atoms with van der Waals surface area (Å²) >= 11 is 1.39. The van der Waals surface area contributed by atoms with Gasteiger partial charge in [0.25, 0.3) is 12.3 Å². The van der Waals surface area contributed by atoms with E-state index in [0.717, 1.165) is 12.8 Å². The lowest BCUT2D eigenvalue weighted by Crippen LogP contribution is -2.44. The maximum Gasteiger partial charge on any atom is 0.272 e. The van der Waals surface area contributed by atoms with Crippen LogP contribution in [0.2, 0.25) is 0 Å². The molecule has 0 bridgehead atoms. The van der Waals surface area contributed by atoms with Gasteiger partial charge in [0, 0.05) is 18.8 Å². The van der Waals surface area contributed by atoms with Gasteiger partial charge < -0.3 is 14.4 Å². The zero-order valence-electron chi connectivity index (χ0n) is 15.9. The topological polar surface area (TPSA) is 82.4 Å². The van der Waals surface area contributed by atoms with Crippen LogP contribution in [0.5, 0.6) is 11.6 Å². The van der Waals surface area contributed by atoms with E-state index in [1.807, 2.05) is 5.38 Å². The van der Waals surface area contributed by atoms with Gasteiger partial charge in [-0.3, -0.25) is 4.79 Å². The molecule has 3 aromatic rings. The van der Waals surface area contributed by atoms with Gasteiger partial charge in [-0.15, -0.1) is 16.1 Å². The molecule has 4 heterocycles. The normalized spacial score (nSPS) is 16.6. The first kappa shape index (κ1) is 20.2. The Hall–Kier alpha value is -3.08. The Labute approximate surface area is 175 Å². The lowest BCUT2D eigenvalue weighted by atomic mass is 10.1. The second kappa shape index (κ2) is 9.16. The molecule has 1 saturated heterocycles. The van der Waals surface area contributed by atoms with Crippen LogP contribution in [0.25, 0.3) is 5.00 Å². The smallest absolute Gasteiger partial charge is 0.272 e. The van der Waals surface area contributed by atoms with E-state index in [4.69, 9.17) is 9.47 Å². The molecular weight excluding hydrogens is 416 g/mol. The lowest BCUT2D eigenvalue weighted by Gasteiger charge is -2.32. The van der Waals surface area contributed by atoms with Crippen molar-refractivity contribution in [1.82, 2.24) is 24.9 Å². The van der Waals surface area contributed by atoms with Crippen molar-refractivity contribution in [1.29, 1.82) is 0 Å². The van der Waals surface area contributed by atoms with Gasteiger partial charge >= 0.3 is 0 Å². The standard InChI is InChI=1S/C19H19F2N5O3S/c20-16(21)12-28-13-3-5-22-17(10-13)29-14-2-1-8-25(11-14)18(27)15-4-9-30-19(15)26-23-6-7-24-26/h3-7,9-10,14,16H,1-2,8,11-12H2/t14-/m1/s1. The second-order valence-corrected chi connectivity index (χ2v) is 7.52. The molecular formula is C19H19F2N5O3S. The number of halogens is 2. The Morgan fingerprint density at radius 1 is 1.27 bits per heavy atom. The third-order valence-corrected chi connectivity index (χ3v) is 5.39. The highest BCUT2D eigenvalue weighted by Gasteiger charge is 2.28. The van der Waals surface area contributed by atoms with E-state index in [1.54, 1.807) is 23.4 Å². The van der Waals surface area contributed by atoms with Gasteiger partial charge in [0.1, 0.15) is 18.5 Å². The van der Waals surface area contributed by atoms with E-state index in [9.17, 15) is 13.6 Å². The van der Waals surface area contributed by atoms with Gasteiger partial charge in [-0.25, -0.2) is 13.8 Å². The van der Waals surface area contributed by atoms with Crippen molar-refractivity contribution in [3.05, 3.63) is 47.7 Å². The number of pyridine rings is 1. The van der Waals surface area contributed by atoms with E-state index in [-0.39, 0.29) is 23.6 Å². The second-order valence-electron chi connectivity index (χ2n) is 6.62. The first-order valence-corrected chi connectivity index (χ1v) is 10.2. The molecule has 8 nitrogen and oxygen atoms in total. The molecule has 1 aliphatic heterocycles. The number of rotatable bonds is 7.